The zero-order valence-electron chi connectivity index (χ0n) is 13.9. The molecule has 24 heavy (non-hydrogen) atoms. The summed E-state index contributed by atoms with van der Waals surface area (Å²) in [6, 6.07) is 10.8. The molecule has 0 heterocycles. The Morgan fingerprint density at radius 1 is 1.21 bits per heavy atom. The van der Waals surface area contributed by atoms with Gasteiger partial charge in [-0.2, -0.15) is 15.8 Å². The number of ether oxygens (including phenoxy) is 1. The molecule has 0 saturated carbocycles. The van der Waals surface area contributed by atoms with E-state index < -0.39 is 0 Å². The van der Waals surface area contributed by atoms with Crippen LogP contribution in [0.15, 0.2) is 23.8 Å². The largest absolute Gasteiger partial charge is 0.496 e. The van der Waals surface area contributed by atoms with Crippen molar-refractivity contribution in [3.63, 3.8) is 0 Å². The summed E-state index contributed by atoms with van der Waals surface area (Å²) >= 11 is 5.85. The normalized spacial score (nSPS) is 10.9. The fourth-order valence-corrected chi connectivity index (χ4v) is 2.51. The van der Waals surface area contributed by atoms with E-state index in [9.17, 15) is 5.26 Å². The Bertz CT molecular complexity index is 719. The standard InChI is InChI=1S/C18H19ClN4O/c1-12(2)17(6-7-19)23-14-4-5-15(18(8-14)24-3)16(11-22)13(9-20)10-21/h4-5,8,12,17,23H,6-7H2,1-3H3. The Kier molecular flexibility index (Phi) is 7.63. The lowest BCUT2D eigenvalue weighted by Gasteiger charge is -2.23. The number of nitrogens with zero attached hydrogens (tertiary/aromatic N) is 3. The summed E-state index contributed by atoms with van der Waals surface area (Å²) in [5.74, 6) is 1.38. The van der Waals surface area contributed by atoms with Crippen molar-refractivity contribution >= 4 is 22.9 Å². The first-order valence-corrected chi connectivity index (χ1v) is 8.01. The number of anilines is 1. The van der Waals surface area contributed by atoms with Crippen LogP contribution in [0, 0.1) is 39.9 Å². The third kappa shape index (κ3) is 4.66. The number of nitriles is 3. The van der Waals surface area contributed by atoms with E-state index in [1.54, 1.807) is 30.3 Å². The molecule has 0 saturated heterocycles. The van der Waals surface area contributed by atoms with Crippen LogP contribution < -0.4 is 10.1 Å². The Hall–Kier alpha value is -2.68. The van der Waals surface area contributed by atoms with Crippen LogP contribution in [-0.2, 0) is 0 Å². The highest BCUT2D eigenvalue weighted by Crippen LogP contribution is 2.31. The summed E-state index contributed by atoms with van der Waals surface area (Å²) in [6.07, 6.45) is 0.819. The minimum atomic E-state index is -0.237. The topological polar surface area (TPSA) is 92.6 Å². The molecule has 0 aliphatic carbocycles. The Labute approximate surface area is 147 Å². The van der Waals surface area contributed by atoms with E-state index in [0.717, 1.165) is 12.1 Å². The zero-order chi connectivity index (χ0) is 18.1. The van der Waals surface area contributed by atoms with Gasteiger partial charge in [-0.3, -0.25) is 0 Å². The predicted molar refractivity (Wildman–Crippen MR) is 94.3 cm³/mol. The van der Waals surface area contributed by atoms with Gasteiger partial charge in [0.15, 0.2) is 0 Å². The van der Waals surface area contributed by atoms with E-state index in [2.05, 4.69) is 19.2 Å². The second-order valence-electron chi connectivity index (χ2n) is 5.47. The molecule has 6 heteroatoms. The fraction of sp³-hybridized carbons (Fsp3) is 0.389. The molecular weight excluding hydrogens is 324 g/mol. The number of halogens is 1. The molecule has 1 aromatic carbocycles. The lowest BCUT2D eigenvalue weighted by molar-refractivity contribution is 0.413. The van der Waals surface area contributed by atoms with Crippen LogP contribution in [0.4, 0.5) is 5.69 Å². The van der Waals surface area contributed by atoms with E-state index in [-0.39, 0.29) is 17.2 Å². The fourth-order valence-electron chi connectivity index (χ4n) is 2.28. The van der Waals surface area contributed by atoms with Gasteiger partial charge in [0.2, 0.25) is 0 Å². The summed E-state index contributed by atoms with van der Waals surface area (Å²) in [6.45, 7) is 4.22. The summed E-state index contributed by atoms with van der Waals surface area (Å²) in [5.41, 5.74) is 1.01. The third-order valence-corrected chi connectivity index (χ3v) is 3.85. The minimum Gasteiger partial charge on any atom is -0.496 e. The van der Waals surface area contributed by atoms with Gasteiger partial charge >= 0.3 is 0 Å². The van der Waals surface area contributed by atoms with Crippen LogP contribution in [-0.4, -0.2) is 19.0 Å². The average molecular weight is 343 g/mol. The lowest BCUT2D eigenvalue weighted by atomic mass is 9.99. The van der Waals surface area contributed by atoms with Crippen LogP contribution >= 0.6 is 11.6 Å². The van der Waals surface area contributed by atoms with Gasteiger partial charge in [0, 0.05) is 29.2 Å². The first-order valence-electron chi connectivity index (χ1n) is 7.47. The number of allylic oxidation sites excluding steroid dienone is 2. The molecule has 1 atom stereocenters. The number of benzene rings is 1. The van der Waals surface area contributed by atoms with Crippen LogP contribution in [0.3, 0.4) is 0 Å². The van der Waals surface area contributed by atoms with Crippen molar-refractivity contribution in [2.24, 2.45) is 5.92 Å². The van der Waals surface area contributed by atoms with E-state index in [4.69, 9.17) is 26.9 Å². The highest BCUT2D eigenvalue weighted by atomic mass is 35.5. The van der Waals surface area contributed by atoms with E-state index in [1.165, 1.54) is 7.11 Å². The van der Waals surface area contributed by atoms with Crippen molar-refractivity contribution in [1.82, 2.24) is 0 Å². The number of rotatable bonds is 7. The monoisotopic (exact) mass is 342 g/mol. The summed E-state index contributed by atoms with van der Waals surface area (Å²) < 4.78 is 5.34. The Morgan fingerprint density at radius 2 is 1.88 bits per heavy atom. The molecule has 124 valence electrons. The van der Waals surface area contributed by atoms with Crippen LogP contribution in [0.5, 0.6) is 5.75 Å². The van der Waals surface area contributed by atoms with Gasteiger partial charge in [0.05, 0.1) is 12.7 Å². The smallest absolute Gasteiger partial charge is 0.148 e. The first-order chi connectivity index (χ1) is 11.5. The van der Waals surface area contributed by atoms with Gasteiger partial charge in [-0.25, -0.2) is 0 Å². The maximum atomic E-state index is 9.29. The van der Waals surface area contributed by atoms with Gasteiger partial charge in [-0.15, -0.1) is 11.6 Å². The molecule has 1 N–H and O–H groups in total. The Balaban J connectivity index is 3.28. The van der Waals surface area contributed by atoms with E-state index in [0.29, 0.717) is 23.1 Å². The number of hydrogen-bond donors (Lipinski definition) is 1. The lowest BCUT2D eigenvalue weighted by Crippen LogP contribution is -2.26. The van der Waals surface area contributed by atoms with Crippen molar-refractivity contribution in [2.75, 3.05) is 18.3 Å². The first kappa shape index (κ1) is 19.4. The van der Waals surface area contributed by atoms with Crippen molar-refractivity contribution in [3.05, 3.63) is 29.3 Å². The molecule has 1 rings (SSSR count). The van der Waals surface area contributed by atoms with E-state index >= 15 is 0 Å². The van der Waals surface area contributed by atoms with Gasteiger partial charge in [0.25, 0.3) is 0 Å². The zero-order valence-corrected chi connectivity index (χ0v) is 14.7. The minimum absolute atomic E-state index is 0.00423. The summed E-state index contributed by atoms with van der Waals surface area (Å²) in [7, 11) is 1.48. The molecule has 0 bridgehead atoms. The summed E-state index contributed by atoms with van der Waals surface area (Å²) in [4.78, 5) is 0. The van der Waals surface area contributed by atoms with Crippen molar-refractivity contribution in [1.29, 1.82) is 15.8 Å². The second-order valence-corrected chi connectivity index (χ2v) is 5.85. The predicted octanol–water partition coefficient (Wildman–Crippen LogP) is 4.08. The summed E-state index contributed by atoms with van der Waals surface area (Å²) in [5, 5.41) is 30.7. The van der Waals surface area contributed by atoms with E-state index in [1.807, 2.05) is 6.07 Å². The molecule has 0 aliphatic heterocycles. The SMILES string of the molecule is COc1cc(NC(CCCl)C(C)C)ccc1C(C#N)=C(C#N)C#N. The van der Waals surface area contributed by atoms with Gasteiger partial charge in [-0.05, 0) is 24.5 Å². The maximum Gasteiger partial charge on any atom is 0.148 e. The molecule has 0 fully saturated rings. The Morgan fingerprint density at radius 3 is 2.33 bits per heavy atom. The van der Waals surface area contributed by atoms with Crippen LogP contribution in [0.25, 0.3) is 5.57 Å². The molecule has 0 aliphatic rings. The third-order valence-electron chi connectivity index (χ3n) is 3.63. The van der Waals surface area contributed by atoms with Crippen LogP contribution in [0.2, 0.25) is 0 Å². The highest BCUT2D eigenvalue weighted by molar-refractivity contribution is 6.17. The van der Waals surface area contributed by atoms with Gasteiger partial charge < -0.3 is 10.1 Å². The molecular formula is C18H19ClN4O. The average Bonchev–Trinajstić information content (AvgIpc) is 2.59. The molecule has 1 aromatic rings. The molecule has 0 amide bonds. The molecule has 0 radical (unpaired) electrons. The van der Waals surface area contributed by atoms with Crippen molar-refractivity contribution < 1.29 is 4.74 Å². The second kappa shape index (κ2) is 9.46. The van der Waals surface area contributed by atoms with Crippen molar-refractivity contribution in [2.45, 2.75) is 26.3 Å². The number of methoxy groups -OCH3 is 1. The highest BCUT2D eigenvalue weighted by Gasteiger charge is 2.17. The molecule has 1 unspecified atom stereocenters. The molecule has 0 aromatic heterocycles. The maximum absolute atomic E-state index is 9.29. The van der Waals surface area contributed by atoms with Gasteiger partial charge in [0.1, 0.15) is 29.5 Å². The van der Waals surface area contributed by atoms with Gasteiger partial charge in [-0.1, -0.05) is 13.8 Å². The quantitative estimate of drug-likeness (QED) is 0.595. The molecule has 5 nitrogen and oxygen atoms in total. The molecule has 0 spiro atoms. The number of alkyl halides is 1. The number of nitrogens with one attached hydrogen (secondary N) is 1. The van der Waals surface area contributed by atoms with Crippen molar-refractivity contribution in [3.8, 4) is 24.0 Å². The number of hydrogen-bond acceptors (Lipinski definition) is 5. The van der Waals surface area contributed by atoms with Crippen LogP contribution in [0.1, 0.15) is 25.8 Å².